The SMILES string of the molecule is CCOc1ccccc1-c1noc(CN(CCCO)C(c2ccccc2)c2ccccc2)n1. The van der Waals surface area contributed by atoms with Gasteiger partial charge in [-0.25, -0.2) is 0 Å². The van der Waals surface area contributed by atoms with Gasteiger partial charge in [0.25, 0.3) is 0 Å². The third kappa shape index (κ3) is 5.66. The molecule has 0 unspecified atom stereocenters. The maximum absolute atomic E-state index is 9.55. The first-order valence-corrected chi connectivity index (χ1v) is 11.3. The summed E-state index contributed by atoms with van der Waals surface area (Å²) < 4.78 is 11.4. The molecule has 6 heteroatoms. The molecular weight excluding hydrogens is 414 g/mol. The molecule has 0 saturated heterocycles. The smallest absolute Gasteiger partial charge is 0.241 e. The first-order chi connectivity index (χ1) is 16.3. The molecule has 0 fully saturated rings. The van der Waals surface area contributed by atoms with E-state index in [2.05, 4.69) is 39.3 Å². The molecule has 0 saturated carbocycles. The van der Waals surface area contributed by atoms with Crippen LogP contribution in [0.5, 0.6) is 5.75 Å². The Morgan fingerprint density at radius 1 is 0.909 bits per heavy atom. The second-order valence-electron chi connectivity index (χ2n) is 7.71. The van der Waals surface area contributed by atoms with E-state index in [-0.39, 0.29) is 12.6 Å². The van der Waals surface area contributed by atoms with Crippen LogP contribution in [0.4, 0.5) is 0 Å². The Kier molecular flexibility index (Phi) is 7.85. The van der Waals surface area contributed by atoms with Gasteiger partial charge in [-0.15, -0.1) is 0 Å². The van der Waals surface area contributed by atoms with Crippen LogP contribution in [0.1, 0.15) is 36.4 Å². The van der Waals surface area contributed by atoms with Crippen LogP contribution in [-0.2, 0) is 6.54 Å². The van der Waals surface area contributed by atoms with Crippen LogP contribution in [0.3, 0.4) is 0 Å². The molecule has 6 nitrogen and oxygen atoms in total. The summed E-state index contributed by atoms with van der Waals surface area (Å²) >= 11 is 0. The number of nitrogens with zero attached hydrogens (tertiary/aromatic N) is 3. The van der Waals surface area contributed by atoms with Crippen molar-refractivity contribution < 1.29 is 14.4 Å². The summed E-state index contributed by atoms with van der Waals surface area (Å²) in [6.45, 7) is 3.76. The van der Waals surface area contributed by atoms with Gasteiger partial charge >= 0.3 is 0 Å². The van der Waals surface area contributed by atoms with E-state index >= 15 is 0 Å². The monoisotopic (exact) mass is 443 g/mol. The molecule has 1 N–H and O–H groups in total. The molecule has 0 spiro atoms. The molecule has 0 bridgehead atoms. The maximum Gasteiger partial charge on any atom is 0.241 e. The van der Waals surface area contributed by atoms with Gasteiger partial charge in [-0.3, -0.25) is 4.90 Å². The lowest BCUT2D eigenvalue weighted by molar-refractivity contribution is 0.167. The molecule has 0 amide bonds. The molecule has 0 aliphatic rings. The Bertz CT molecular complexity index is 1080. The standard InChI is InChI=1S/C27H29N3O3/c1-2-32-24-17-10-9-16-23(24)27-28-25(33-29-27)20-30(18-11-19-31)26(21-12-5-3-6-13-21)22-14-7-4-8-15-22/h3-10,12-17,26,31H,2,11,18-20H2,1H3. The predicted octanol–water partition coefficient (Wildman–Crippen LogP) is 5.11. The Balaban J connectivity index is 1.66. The third-order valence-corrected chi connectivity index (χ3v) is 5.43. The minimum atomic E-state index is -0.00925. The van der Waals surface area contributed by atoms with Crippen molar-refractivity contribution in [3.63, 3.8) is 0 Å². The van der Waals surface area contributed by atoms with Gasteiger partial charge in [-0.1, -0.05) is 78.0 Å². The summed E-state index contributed by atoms with van der Waals surface area (Å²) in [7, 11) is 0. The number of aromatic nitrogens is 2. The van der Waals surface area contributed by atoms with Crippen molar-refractivity contribution in [3.8, 4) is 17.1 Å². The van der Waals surface area contributed by atoms with Gasteiger partial charge in [-0.2, -0.15) is 4.98 Å². The Morgan fingerprint density at radius 3 is 2.18 bits per heavy atom. The molecule has 0 atom stereocenters. The van der Waals surface area contributed by atoms with Crippen molar-refractivity contribution in [1.29, 1.82) is 0 Å². The first kappa shape index (κ1) is 22.7. The Morgan fingerprint density at radius 2 is 1.55 bits per heavy atom. The first-order valence-electron chi connectivity index (χ1n) is 11.3. The van der Waals surface area contributed by atoms with Gasteiger partial charge < -0.3 is 14.4 Å². The van der Waals surface area contributed by atoms with E-state index in [0.717, 1.165) is 11.3 Å². The van der Waals surface area contributed by atoms with Gasteiger partial charge in [0.05, 0.1) is 24.8 Å². The van der Waals surface area contributed by atoms with Gasteiger partial charge in [0.15, 0.2) is 0 Å². The molecule has 33 heavy (non-hydrogen) atoms. The molecule has 0 aliphatic carbocycles. The molecule has 3 aromatic carbocycles. The van der Waals surface area contributed by atoms with Crippen LogP contribution in [-0.4, -0.2) is 39.9 Å². The lowest BCUT2D eigenvalue weighted by atomic mass is 9.96. The predicted molar refractivity (Wildman–Crippen MR) is 128 cm³/mol. The maximum atomic E-state index is 9.55. The van der Waals surface area contributed by atoms with E-state index in [1.54, 1.807) is 0 Å². The average Bonchev–Trinajstić information content (AvgIpc) is 3.33. The fraction of sp³-hybridized carbons (Fsp3) is 0.259. The van der Waals surface area contributed by atoms with Crippen LogP contribution < -0.4 is 4.74 Å². The summed E-state index contributed by atoms with van der Waals surface area (Å²) in [4.78, 5) is 6.95. The zero-order chi connectivity index (χ0) is 22.9. The molecular formula is C27H29N3O3. The third-order valence-electron chi connectivity index (χ3n) is 5.43. The Hall–Kier alpha value is -3.48. The second-order valence-corrected chi connectivity index (χ2v) is 7.71. The number of para-hydroxylation sites is 1. The van der Waals surface area contributed by atoms with Gasteiger partial charge in [0.2, 0.25) is 11.7 Å². The normalized spacial score (nSPS) is 11.3. The highest BCUT2D eigenvalue weighted by molar-refractivity contribution is 5.63. The summed E-state index contributed by atoms with van der Waals surface area (Å²) in [5, 5.41) is 13.8. The number of aliphatic hydroxyl groups is 1. The summed E-state index contributed by atoms with van der Waals surface area (Å²) in [6.07, 6.45) is 0.643. The molecule has 1 heterocycles. The van der Waals surface area contributed by atoms with Gasteiger partial charge in [0, 0.05) is 13.2 Å². The quantitative estimate of drug-likeness (QED) is 0.347. The highest BCUT2D eigenvalue weighted by Crippen LogP contribution is 2.31. The second kappa shape index (κ2) is 11.4. The van der Waals surface area contributed by atoms with E-state index in [0.29, 0.717) is 37.8 Å². The van der Waals surface area contributed by atoms with Gasteiger partial charge in [0.1, 0.15) is 5.75 Å². The van der Waals surface area contributed by atoms with Crippen LogP contribution in [0.15, 0.2) is 89.5 Å². The van der Waals surface area contributed by atoms with E-state index in [1.807, 2.05) is 67.6 Å². The fourth-order valence-electron chi connectivity index (χ4n) is 3.99. The van der Waals surface area contributed by atoms with Crippen LogP contribution in [0.25, 0.3) is 11.4 Å². The highest BCUT2D eigenvalue weighted by atomic mass is 16.5. The van der Waals surface area contributed by atoms with E-state index < -0.39 is 0 Å². The zero-order valence-electron chi connectivity index (χ0n) is 18.8. The summed E-state index contributed by atoms with van der Waals surface area (Å²) in [6, 6.07) is 28.4. The number of hydrogen-bond acceptors (Lipinski definition) is 6. The number of hydrogen-bond donors (Lipinski definition) is 1. The topological polar surface area (TPSA) is 71.6 Å². The number of aliphatic hydroxyl groups excluding tert-OH is 1. The fourth-order valence-corrected chi connectivity index (χ4v) is 3.99. The van der Waals surface area contributed by atoms with Crippen LogP contribution >= 0.6 is 0 Å². The van der Waals surface area contributed by atoms with Crippen molar-refractivity contribution in [2.24, 2.45) is 0 Å². The summed E-state index contributed by atoms with van der Waals surface area (Å²) in [5.41, 5.74) is 3.14. The molecule has 4 aromatic rings. The average molecular weight is 444 g/mol. The highest BCUT2D eigenvalue weighted by Gasteiger charge is 2.24. The molecule has 0 radical (unpaired) electrons. The van der Waals surface area contributed by atoms with E-state index in [4.69, 9.17) is 9.26 Å². The van der Waals surface area contributed by atoms with Crippen molar-refractivity contribution in [3.05, 3.63) is 102 Å². The summed E-state index contributed by atoms with van der Waals surface area (Å²) in [5.74, 6) is 1.76. The lowest BCUT2D eigenvalue weighted by Crippen LogP contribution is -2.31. The van der Waals surface area contributed by atoms with E-state index in [9.17, 15) is 5.11 Å². The van der Waals surface area contributed by atoms with Crippen molar-refractivity contribution in [2.45, 2.75) is 25.9 Å². The Labute approximate surface area is 194 Å². The number of rotatable bonds is 11. The number of ether oxygens (including phenoxy) is 1. The van der Waals surface area contributed by atoms with Crippen LogP contribution in [0.2, 0.25) is 0 Å². The van der Waals surface area contributed by atoms with E-state index in [1.165, 1.54) is 11.1 Å². The molecule has 170 valence electrons. The minimum absolute atomic E-state index is 0.00925. The minimum Gasteiger partial charge on any atom is -0.493 e. The van der Waals surface area contributed by atoms with Crippen molar-refractivity contribution in [2.75, 3.05) is 19.8 Å². The van der Waals surface area contributed by atoms with Crippen molar-refractivity contribution in [1.82, 2.24) is 15.0 Å². The number of benzene rings is 3. The molecule has 0 aliphatic heterocycles. The largest absolute Gasteiger partial charge is 0.493 e. The van der Waals surface area contributed by atoms with Crippen molar-refractivity contribution >= 4 is 0 Å². The molecule has 4 rings (SSSR count). The zero-order valence-corrected chi connectivity index (χ0v) is 18.8. The molecule has 1 aromatic heterocycles. The lowest BCUT2D eigenvalue weighted by Gasteiger charge is -2.31. The van der Waals surface area contributed by atoms with Crippen LogP contribution in [0, 0.1) is 0 Å². The van der Waals surface area contributed by atoms with Gasteiger partial charge in [-0.05, 0) is 36.6 Å².